The third-order valence-electron chi connectivity index (χ3n) is 3.61. The molecule has 8 nitrogen and oxygen atoms in total. The van der Waals surface area contributed by atoms with E-state index in [0.29, 0.717) is 11.5 Å². The van der Waals surface area contributed by atoms with Crippen molar-refractivity contribution in [2.45, 2.75) is 6.92 Å². The zero-order chi connectivity index (χ0) is 16.0. The van der Waals surface area contributed by atoms with Crippen LogP contribution >= 0.6 is 0 Å². The van der Waals surface area contributed by atoms with Crippen LogP contribution in [0.15, 0.2) is 41.8 Å². The van der Waals surface area contributed by atoms with Crippen molar-refractivity contribution in [3.8, 4) is 17.1 Å². The van der Waals surface area contributed by atoms with Crippen molar-refractivity contribution in [3.05, 3.63) is 53.1 Å². The zero-order valence-corrected chi connectivity index (χ0v) is 12.6. The van der Waals surface area contributed by atoms with Gasteiger partial charge in [-0.15, -0.1) is 0 Å². The van der Waals surface area contributed by atoms with Gasteiger partial charge in [0.25, 0.3) is 5.56 Å². The van der Waals surface area contributed by atoms with Crippen LogP contribution < -0.4 is 5.56 Å². The first-order valence-electron chi connectivity index (χ1n) is 7.01. The Labute approximate surface area is 130 Å². The summed E-state index contributed by atoms with van der Waals surface area (Å²) in [5.74, 6) is 0.556. The van der Waals surface area contributed by atoms with Crippen LogP contribution in [0.1, 0.15) is 5.69 Å². The van der Waals surface area contributed by atoms with Crippen molar-refractivity contribution in [2.24, 2.45) is 7.05 Å². The predicted octanol–water partition coefficient (Wildman–Crippen LogP) is 1.21. The second-order valence-corrected chi connectivity index (χ2v) is 5.26. The summed E-state index contributed by atoms with van der Waals surface area (Å²) in [5, 5.41) is 9.40. The number of aromatic amines is 1. The molecule has 0 aliphatic rings. The first kappa shape index (κ1) is 13.4. The van der Waals surface area contributed by atoms with Gasteiger partial charge in [-0.25, -0.2) is 9.67 Å². The fourth-order valence-corrected chi connectivity index (χ4v) is 2.41. The molecule has 4 rings (SSSR count). The summed E-state index contributed by atoms with van der Waals surface area (Å²) in [5.41, 5.74) is 2.77. The number of aryl methyl sites for hydroxylation is 2. The normalized spacial score (nSPS) is 11.2. The van der Waals surface area contributed by atoms with Gasteiger partial charge in [-0.05, 0) is 13.0 Å². The quantitative estimate of drug-likeness (QED) is 0.601. The smallest absolute Gasteiger partial charge is 0.269 e. The maximum absolute atomic E-state index is 11.5. The molecule has 0 saturated carbocycles. The average molecular weight is 307 g/mol. The monoisotopic (exact) mass is 307 g/mol. The molecular formula is C15H13N7O. The Morgan fingerprint density at radius 3 is 2.78 bits per heavy atom. The second-order valence-electron chi connectivity index (χ2n) is 5.26. The Morgan fingerprint density at radius 1 is 1.17 bits per heavy atom. The number of pyridine rings is 1. The number of aromatic nitrogens is 7. The molecule has 0 saturated heterocycles. The third-order valence-corrected chi connectivity index (χ3v) is 3.61. The van der Waals surface area contributed by atoms with E-state index in [2.05, 4.69) is 25.1 Å². The molecule has 4 heterocycles. The highest BCUT2D eigenvalue weighted by atomic mass is 16.1. The van der Waals surface area contributed by atoms with Crippen LogP contribution in [-0.2, 0) is 7.05 Å². The molecular weight excluding hydrogens is 294 g/mol. The van der Waals surface area contributed by atoms with E-state index in [4.69, 9.17) is 0 Å². The van der Waals surface area contributed by atoms with Gasteiger partial charge in [0.1, 0.15) is 5.69 Å². The SMILES string of the molecule is Cc1nc(-n2ncc3cnc(-c4cnn(C)c4)cc32)c[nH]c1=O. The molecule has 1 N–H and O–H groups in total. The lowest BCUT2D eigenvalue weighted by atomic mass is 10.2. The highest BCUT2D eigenvalue weighted by Gasteiger charge is 2.10. The fraction of sp³-hybridized carbons (Fsp3) is 0.133. The van der Waals surface area contributed by atoms with E-state index in [0.717, 1.165) is 22.2 Å². The van der Waals surface area contributed by atoms with Gasteiger partial charge >= 0.3 is 0 Å². The van der Waals surface area contributed by atoms with Crippen LogP contribution in [0.2, 0.25) is 0 Å². The van der Waals surface area contributed by atoms with E-state index in [1.165, 1.54) is 0 Å². The highest BCUT2D eigenvalue weighted by Crippen LogP contribution is 2.22. The van der Waals surface area contributed by atoms with Crippen molar-refractivity contribution in [2.75, 3.05) is 0 Å². The van der Waals surface area contributed by atoms with Gasteiger partial charge in [0.15, 0.2) is 5.82 Å². The minimum atomic E-state index is -0.206. The number of nitrogens with zero attached hydrogens (tertiary/aromatic N) is 6. The molecule has 8 heteroatoms. The summed E-state index contributed by atoms with van der Waals surface area (Å²) >= 11 is 0. The molecule has 0 fully saturated rings. The van der Waals surface area contributed by atoms with Crippen LogP contribution in [0.5, 0.6) is 0 Å². The van der Waals surface area contributed by atoms with Crippen molar-refractivity contribution >= 4 is 10.9 Å². The summed E-state index contributed by atoms with van der Waals surface area (Å²) in [6, 6.07) is 1.93. The Balaban J connectivity index is 1.90. The van der Waals surface area contributed by atoms with Gasteiger partial charge in [0, 0.05) is 36.6 Å². The maximum atomic E-state index is 11.5. The number of rotatable bonds is 2. The molecule has 0 aliphatic carbocycles. The Bertz CT molecular complexity index is 1070. The summed E-state index contributed by atoms with van der Waals surface area (Å²) in [6.45, 7) is 1.66. The zero-order valence-electron chi connectivity index (χ0n) is 12.6. The van der Waals surface area contributed by atoms with E-state index in [-0.39, 0.29) is 5.56 Å². The van der Waals surface area contributed by atoms with E-state index in [1.807, 2.05) is 19.3 Å². The van der Waals surface area contributed by atoms with Crippen LogP contribution in [0, 0.1) is 6.92 Å². The molecule has 0 bridgehead atoms. The molecule has 0 amide bonds. The van der Waals surface area contributed by atoms with Crippen LogP contribution in [0.25, 0.3) is 28.0 Å². The first-order chi connectivity index (χ1) is 11.1. The molecule has 0 aromatic carbocycles. The van der Waals surface area contributed by atoms with Crippen molar-refractivity contribution in [3.63, 3.8) is 0 Å². The fourth-order valence-electron chi connectivity index (χ4n) is 2.41. The molecule has 23 heavy (non-hydrogen) atoms. The van der Waals surface area contributed by atoms with Crippen molar-refractivity contribution in [1.82, 2.24) is 34.5 Å². The van der Waals surface area contributed by atoms with Crippen LogP contribution in [-0.4, -0.2) is 34.5 Å². The average Bonchev–Trinajstić information content (AvgIpc) is 3.15. The van der Waals surface area contributed by atoms with E-state index < -0.39 is 0 Å². The number of fused-ring (bicyclic) bond motifs is 1. The third kappa shape index (κ3) is 2.20. The number of nitrogens with one attached hydrogen (secondary N) is 1. The summed E-state index contributed by atoms with van der Waals surface area (Å²) in [6.07, 6.45) is 8.69. The maximum Gasteiger partial charge on any atom is 0.269 e. The minimum Gasteiger partial charge on any atom is -0.324 e. The number of H-pyrrole nitrogens is 1. The molecule has 0 radical (unpaired) electrons. The van der Waals surface area contributed by atoms with Crippen molar-refractivity contribution < 1.29 is 0 Å². The van der Waals surface area contributed by atoms with Gasteiger partial charge < -0.3 is 4.98 Å². The lowest BCUT2D eigenvalue weighted by Crippen LogP contribution is -2.14. The molecule has 0 spiro atoms. The molecule has 4 aromatic heterocycles. The largest absolute Gasteiger partial charge is 0.324 e. The Hall–Kier alpha value is -3.29. The topological polar surface area (TPSA) is 94.3 Å². The van der Waals surface area contributed by atoms with Crippen molar-refractivity contribution in [1.29, 1.82) is 0 Å². The lowest BCUT2D eigenvalue weighted by molar-refractivity contribution is 0.768. The van der Waals surface area contributed by atoms with E-state index >= 15 is 0 Å². The predicted molar refractivity (Wildman–Crippen MR) is 84.2 cm³/mol. The molecule has 0 unspecified atom stereocenters. The van der Waals surface area contributed by atoms with Gasteiger partial charge in [0.2, 0.25) is 0 Å². The van der Waals surface area contributed by atoms with Crippen LogP contribution in [0.4, 0.5) is 0 Å². The van der Waals surface area contributed by atoms with Gasteiger partial charge in [-0.1, -0.05) is 0 Å². The van der Waals surface area contributed by atoms with Gasteiger partial charge in [-0.2, -0.15) is 10.2 Å². The van der Waals surface area contributed by atoms with E-state index in [9.17, 15) is 4.79 Å². The Morgan fingerprint density at radius 2 is 2.04 bits per heavy atom. The second kappa shape index (κ2) is 4.87. The molecule has 0 aliphatic heterocycles. The lowest BCUT2D eigenvalue weighted by Gasteiger charge is -2.04. The number of hydrogen-bond acceptors (Lipinski definition) is 5. The Kier molecular flexibility index (Phi) is 2.83. The van der Waals surface area contributed by atoms with E-state index in [1.54, 1.807) is 41.1 Å². The summed E-state index contributed by atoms with van der Waals surface area (Å²) < 4.78 is 3.41. The molecule has 114 valence electrons. The van der Waals surface area contributed by atoms with Gasteiger partial charge in [-0.3, -0.25) is 14.5 Å². The van der Waals surface area contributed by atoms with Crippen LogP contribution in [0.3, 0.4) is 0 Å². The standard InChI is InChI=1S/C15H13N7O/c1-9-15(23)17-7-14(20-9)22-13-3-12(11-6-18-21(2)8-11)16-4-10(13)5-19-22/h3-8H,1-2H3,(H,17,23). The minimum absolute atomic E-state index is 0.206. The summed E-state index contributed by atoms with van der Waals surface area (Å²) in [4.78, 5) is 22.9. The molecule has 4 aromatic rings. The number of hydrogen-bond donors (Lipinski definition) is 1. The highest BCUT2D eigenvalue weighted by molar-refractivity contribution is 5.82. The molecule has 0 atom stereocenters. The van der Waals surface area contributed by atoms with Gasteiger partial charge in [0.05, 0.1) is 23.6 Å². The summed E-state index contributed by atoms with van der Waals surface area (Å²) in [7, 11) is 1.86. The first-order valence-corrected chi connectivity index (χ1v) is 7.01.